The second kappa shape index (κ2) is 6.14. The molecule has 0 saturated heterocycles. The van der Waals surface area contributed by atoms with Crippen LogP contribution in [0.5, 0.6) is 0 Å². The molecule has 1 saturated carbocycles. The van der Waals surface area contributed by atoms with Crippen molar-refractivity contribution in [3.05, 3.63) is 44.9 Å². The summed E-state index contributed by atoms with van der Waals surface area (Å²) in [5.41, 5.74) is 3.64. The molecule has 5 rings (SSSR count). The lowest BCUT2D eigenvalue weighted by Crippen LogP contribution is -2.47. The molecule has 3 aromatic rings. The molecule has 3 heterocycles. The molecular weight excluding hydrogens is 460 g/mol. The van der Waals surface area contributed by atoms with E-state index in [0.29, 0.717) is 20.3 Å². The summed E-state index contributed by atoms with van der Waals surface area (Å²) in [6.45, 7) is 2.30. The van der Waals surface area contributed by atoms with Gasteiger partial charge in [0.2, 0.25) is 5.95 Å². The zero-order chi connectivity index (χ0) is 20.6. The smallest absolute Gasteiger partial charge is 0.263 e. The average Bonchev–Trinajstić information content (AvgIpc) is 3.03. The van der Waals surface area contributed by atoms with E-state index in [2.05, 4.69) is 36.2 Å². The fourth-order valence-electron chi connectivity index (χ4n) is 3.80. The summed E-state index contributed by atoms with van der Waals surface area (Å²) >= 11 is 3.50. The van der Waals surface area contributed by atoms with Gasteiger partial charge in [0.05, 0.1) is 46.0 Å². The summed E-state index contributed by atoms with van der Waals surface area (Å²) in [5, 5.41) is 4.54. The first-order valence-electron chi connectivity index (χ1n) is 8.95. The predicted octanol–water partition coefficient (Wildman–Crippen LogP) is 1.41. The number of nitrogens with one attached hydrogen (secondary N) is 2. The standard InChI is InChI=1S/C18H19BrN6O3S/c1-18-6-14(18)29(27,23-18)11-4-12-15(13(19)5-11)21-17(22-28-3)25(16(12)26)9-10-7-20-24(2)8-10/h4-5,7-8H,6,9H2,1-3H3,(H,21,22)(H,23,27). The molecule has 0 radical (unpaired) electrons. The fraction of sp³-hybridized carbons (Fsp3) is 0.333. The largest absolute Gasteiger partial charge is 0.277 e. The van der Waals surface area contributed by atoms with E-state index in [1.807, 2.05) is 20.2 Å². The minimum absolute atomic E-state index is 0.108. The first-order valence-corrected chi connectivity index (χ1v) is 11.3. The lowest BCUT2D eigenvalue weighted by molar-refractivity contribution is 0.264. The molecule has 2 atom stereocenters. The van der Waals surface area contributed by atoms with Crippen LogP contribution in [0.15, 0.2) is 38.7 Å². The summed E-state index contributed by atoms with van der Waals surface area (Å²) in [6, 6.07) is 3.46. The Balaban J connectivity index is 1.72. The van der Waals surface area contributed by atoms with E-state index < -0.39 is 9.71 Å². The number of halogens is 1. The van der Waals surface area contributed by atoms with E-state index in [0.717, 1.165) is 16.8 Å². The Morgan fingerprint density at radius 3 is 2.83 bits per heavy atom. The van der Waals surface area contributed by atoms with E-state index in [-0.39, 0.29) is 23.6 Å². The first-order chi connectivity index (χ1) is 13.7. The van der Waals surface area contributed by atoms with Crippen molar-refractivity contribution in [2.75, 3.05) is 12.6 Å². The van der Waals surface area contributed by atoms with Gasteiger partial charge in [-0.2, -0.15) is 5.10 Å². The third-order valence-corrected chi connectivity index (χ3v) is 8.86. The highest BCUT2D eigenvalue weighted by Gasteiger charge is 2.59. The van der Waals surface area contributed by atoms with Gasteiger partial charge in [-0.05, 0) is 35.0 Å². The molecule has 29 heavy (non-hydrogen) atoms. The van der Waals surface area contributed by atoms with Crippen LogP contribution in [0.1, 0.15) is 18.9 Å². The van der Waals surface area contributed by atoms with Crippen molar-refractivity contribution in [1.29, 1.82) is 0 Å². The lowest BCUT2D eigenvalue weighted by Gasteiger charge is -2.26. The Labute approximate surface area is 175 Å². The second-order valence-corrected chi connectivity index (χ2v) is 10.7. The number of aryl methyl sites for hydroxylation is 1. The Bertz CT molecular complexity index is 1370. The van der Waals surface area contributed by atoms with Gasteiger partial charge in [-0.15, -0.1) is 0 Å². The number of nitrogens with zero attached hydrogens (tertiary/aromatic N) is 4. The minimum Gasteiger partial charge on any atom is -0.277 e. The van der Waals surface area contributed by atoms with E-state index in [4.69, 9.17) is 4.84 Å². The third kappa shape index (κ3) is 2.75. The van der Waals surface area contributed by atoms with Gasteiger partial charge in [0.15, 0.2) is 0 Å². The van der Waals surface area contributed by atoms with Crippen molar-refractivity contribution in [2.45, 2.75) is 30.3 Å². The summed E-state index contributed by atoms with van der Waals surface area (Å²) < 4.78 is 20.3. The first kappa shape index (κ1) is 18.8. The van der Waals surface area contributed by atoms with Gasteiger partial charge in [0.1, 0.15) is 0 Å². The highest BCUT2D eigenvalue weighted by Crippen LogP contribution is 2.45. The van der Waals surface area contributed by atoms with Crippen molar-refractivity contribution in [1.82, 2.24) is 24.1 Å². The SMILES string of the molecule is CONc1nc2c(Br)cc(S3(=O)=C4CC4(C)N3)cc2c(=O)n1Cc1cnn(C)c1. The molecular formula is C18H19BrN6O3S. The fourth-order valence-corrected chi connectivity index (χ4v) is 7.45. The normalized spacial score (nSPS) is 25.0. The van der Waals surface area contributed by atoms with Crippen LogP contribution in [0.2, 0.25) is 0 Å². The molecule has 2 aromatic heterocycles. The highest BCUT2D eigenvalue weighted by molar-refractivity contribution is 9.10. The van der Waals surface area contributed by atoms with Crippen molar-refractivity contribution < 1.29 is 9.05 Å². The molecule has 1 aromatic carbocycles. The molecule has 2 N–H and O–H groups in total. The van der Waals surface area contributed by atoms with Crippen LogP contribution in [-0.4, -0.2) is 41.1 Å². The summed E-state index contributed by atoms with van der Waals surface area (Å²) in [5.74, 6) is 0.275. The van der Waals surface area contributed by atoms with Gasteiger partial charge in [0, 0.05) is 39.5 Å². The molecule has 0 amide bonds. The number of rotatable bonds is 5. The number of fused-ring (bicyclic) bond motifs is 2. The minimum atomic E-state index is -2.44. The van der Waals surface area contributed by atoms with Crippen molar-refractivity contribution in [2.24, 2.45) is 7.05 Å². The van der Waals surface area contributed by atoms with Crippen LogP contribution in [0.4, 0.5) is 5.95 Å². The van der Waals surface area contributed by atoms with Crippen LogP contribution in [-0.2, 0) is 28.1 Å². The van der Waals surface area contributed by atoms with E-state index in [9.17, 15) is 9.00 Å². The molecule has 0 spiro atoms. The molecule has 11 heteroatoms. The van der Waals surface area contributed by atoms with E-state index in [1.165, 1.54) is 11.7 Å². The Kier molecular flexibility index (Phi) is 3.98. The highest BCUT2D eigenvalue weighted by atomic mass is 79.9. The number of aromatic nitrogens is 4. The third-order valence-electron chi connectivity index (χ3n) is 5.33. The van der Waals surface area contributed by atoms with Gasteiger partial charge < -0.3 is 0 Å². The zero-order valence-electron chi connectivity index (χ0n) is 16.0. The van der Waals surface area contributed by atoms with E-state index >= 15 is 0 Å². The molecule has 2 aliphatic rings. The van der Waals surface area contributed by atoms with Crippen LogP contribution in [0.25, 0.3) is 10.9 Å². The zero-order valence-corrected chi connectivity index (χ0v) is 18.4. The van der Waals surface area contributed by atoms with Gasteiger partial charge in [-0.1, -0.05) is 0 Å². The molecule has 2 unspecified atom stereocenters. The van der Waals surface area contributed by atoms with Crippen molar-refractivity contribution >= 4 is 47.4 Å². The maximum atomic E-state index is 13.4. The maximum absolute atomic E-state index is 13.4. The molecule has 0 bridgehead atoms. The van der Waals surface area contributed by atoms with Gasteiger partial charge in [-0.25, -0.2) is 19.4 Å². The average molecular weight is 479 g/mol. The quantitative estimate of drug-likeness (QED) is 0.424. The molecule has 1 fully saturated rings. The van der Waals surface area contributed by atoms with Crippen LogP contribution in [0.3, 0.4) is 0 Å². The topological polar surface area (TPSA) is 103 Å². The van der Waals surface area contributed by atoms with Crippen molar-refractivity contribution in [3.63, 3.8) is 0 Å². The van der Waals surface area contributed by atoms with Gasteiger partial charge >= 0.3 is 0 Å². The van der Waals surface area contributed by atoms with Crippen molar-refractivity contribution in [3.8, 4) is 0 Å². The van der Waals surface area contributed by atoms with Crippen LogP contribution >= 0.6 is 15.9 Å². The summed E-state index contributed by atoms with van der Waals surface area (Å²) in [4.78, 5) is 24.6. The number of hydrogen-bond donors (Lipinski definition) is 2. The van der Waals surface area contributed by atoms with Gasteiger partial charge in [0.25, 0.3) is 5.56 Å². The molecule has 1 aliphatic carbocycles. The molecule has 9 nitrogen and oxygen atoms in total. The Morgan fingerprint density at radius 1 is 1.45 bits per heavy atom. The number of anilines is 1. The summed E-state index contributed by atoms with van der Waals surface area (Å²) in [6.07, 6.45) is 4.33. The lowest BCUT2D eigenvalue weighted by atomic mass is 10.2. The number of benzene rings is 1. The van der Waals surface area contributed by atoms with Gasteiger partial charge in [-0.3, -0.25) is 18.9 Å². The molecule has 1 aliphatic heterocycles. The van der Waals surface area contributed by atoms with Crippen LogP contribution < -0.4 is 15.8 Å². The monoisotopic (exact) mass is 478 g/mol. The predicted molar refractivity (Wildman–Crippen MR) is 114 cm³/mol. The maximum Gasteiger partial charge on any atom is 0.263 e. The molecule has 152 valence electrons. The van der Waals surface area contributed by atoms with E-state index in [1.54, 1.807) is 23.0 Å². The summed E-state index contributed by atoms with van der Waals surface area (Å²) in [7, 11) is 0.828. The van der Waals surface area contributed by atoms with Crippen LogP contribution in [0, 0.1) is 0 Å². The Morgan fingerprint density at radius 2 is 2.24 bits per heavy atom. The number of hydrogen-bond acceptors (Lipinski definition) is 6. The Hall–Kier alpha value is -2.21. The second-order valence-electron chi connectivity index (χ2n) is 7.55.